The number of rotatable bonds is 8. The lowest BCUT2D eigenvalue weighted by molar-refractivity contribution is 0.899. The van der Waals surface area contributed by atoms with Crippen LogP contribution in [0.2, 0.25) is 0 Å². The summed E-state index contributed by atoms with van der Waals surface area (Å²) in [5.41, 5.74) is 8.75. The van der Waals surface area contributed by atoms with Crippen LogP contribution in [-0.4, -0.2) is 4.98 Å². The summed E-state index contributed by atoms with van der Waals surface area (Å²) in [5, 5.41) is 2.89. The minimum atomic E-state index is 1.16. The summed E-state index contributed by atoms with van der Waals surface area (Å²) < 4.78 is 0. The van der Waals surface area contributed by atoms with Crippen LogP contribution in [0.1, 0.15) is 75.6 Å². The molecule has 1 nitrogen and oxygen atoms in total. The molecule has 1 heteroatoms. The van der Waals surface area contributed by atoms with E-state index in [1.165, 1.54) is 82.6 Å². The molecular weight excluding hydrogens is 302 g/mol. The van der Waals surface area contributed by atoms with Gasteiger partial charge in [-0.2, -0.15) is 0 Å². The van der Waals surface area contributed by atoms with Crippen molar-refractivity contribution in [2.24, 2.45) is 0 Å². The molecule has 0 atom stereocenters. The molecule has 2 aromatic carbocycles. The zero-order valence-corrected chi connectivity index (χ0v) is 16.5. The predicted octanol–water partition coefficient (Wildman–Crippen LogP) is 7.13. The third-order valence-corrected chi connectivity index (χ3v) is 5.22. The lowest BCUT2D eigenvalue weighted by Crippen LogP contribution is -1.90. The Labute approximate surface area is 152 Å². The van der Waals surface area contributed by atoms with E-state index in [-0.39, 0.29) is 0 Å². The maximum absolute atomic E-state index is 3.82. The van der Waals surface area contributed by atoms with Crippen molar-refractivity contribution in [2.45, 2.75) is 79.1 Å². The Kier molecular flexibility index (Phi) is 5.83. The monoisotopic (exact) mass is 335 g/mol. The van der Waals surface area contributed by atoms with Crippen LogP contribution in [0.15, 0.2) is 24.3 Å². The molecule has 1 aromatic heterocycles. The van der Waals surface area contributed by atoms with Crippen molar-refractivity contribution in [3.63, 3.8) is 0 Å². The predicted molar refractivity (Wildman–Crippen MR) is 112 cm³/mol. The summed E-state index contributed by atoms with van der Waals surface area (Å²) in [7, 11) is 0. The molecule has 0 aliphatic heterocycles. The number of hydrogen-bond acceptors (Lipinski definition) is 0. The molecule has 25 heavy (non-hydrogen) atoms. The Morgan fingerprint density at radius 2 is 0.960 bits per heavy atom. The molecule has 134 valence electrons. The number of fused-ring (bicyclic) bond motifs is 3. The highest BCUT2D eigenvalue weighted by Gasteiger charge is 2.13. The second-order valence-electron chi connectivity index (χ2n) is 7.48. The molecule has 0 amide bonds. The molecule has 3 rings (SSSR count). The van der Waals surface area contributed by atoms with Gasteiger partial charge in [-0.05, 0) is 60.1 Å². The van der Waals surface area contributed by atoms with Gasteiger partial charge in [-0.1, -0.05) is 65.5 Å². The van der Waals surface area contributed by atoms with Crippen LogP contribution in [-0.2, 0) is 25.7 Å². The van der Waals surface area contributed by atoms with E-state index < -0.39 is 0 Å². The summed E-state index contributed by atoms with van der Waals surface area (Å²) in [5.74, 6) is 0. The number of nitrogens with one attached hydrogen (secondary N) is 1. The number of aromatic amines is 1. The Bertz CT molecular complexity index is 783. The van der Waals surface area contributed by atoms with Gasteiger partial charge in [0.2, 0.25) is 0 Å². The molecule has 3 aromatic rings. The lowest BCUT2D eigenvalue weighted by Gasteiger charge is -2.07. The number of H-pyrrole nitrogens is 1. The fraction of sp³-hybridized carbons (Fsp3) is 0.500. The highest BCUT2D eigenvalue weighted by Crippen LogP contribution is 2.33. The van der Waals surface area contributed by atoms with Crippen LogP contribution < -0.4 is 0 Å². The molecule has 0 saturated heterocycles. The molecule has 1 heterocycles. The quantitative estimate of drug-likeness (QED) is 0.450. The second-order valence-corrected chi connectivity index (χ2v) is 7.48. The van der Waals surface area contributed by atoms with E-state index in [0.29, 0.717) is 0 Å². The third kappa shape index (κ3) is 3.61. The lowest BCUT2D eigenvalue weighted by atomic mass is 9.96. The van der Waals surface area contributed by atoms with Crippen molar-refractivity contribution in [3.05, 3.63) is 46.5 Å². The smallest absolute Gasteiger partial charge is 0.0497 e. The third-order valence-electron chi connectivity index (χ3n) is 5.22. The van der Waals surface area contributed by atoms with Crippen LogP contribution >= 0.6 is 0 Å². The zero-order valence-electron chi connectivity index (χ0n) is 16.5. The summed E-state index contributed by atoms with van der Waals surface area (Å²) in [4.78, 5) is 3.82. The first kappa shape index (κ1) is 18.0. The maximum atomic E-state index is 3.82. The van der Waals surface area contributed by atoms with E-state index in [4.69, 9.17) is 0 Å². The minimum Gasteiger partial charge on any atom is -0.354 e. The Morgan fingerprint density at radius 3 is 1.32 bits per heavy atom. The van der Waals surface area contributed by atoms with Crippen molar-refractivity contribution in [3.8, 4) is 0 Å². The van der Waals surface area contributed by atoms with Gasteiger partial charge in [0.15, 0.2) is 0 Å². The molecule has 0 aliphatic carbocycles. The Hall–Kier alpha value is -1.76. The van der Waals surface area contributed by atoms with Crippen LogP contribution in [0.4, 0.5) is 0 Å². The molecule has 0 bridgehead atoms. The van der Waals surface area contributed by atoms with Gasteiger partial charge in [0.1, 0.15) is 0 Å². The highest BCUT2D eigenvalue weighted by molar-refractivity contribution is 6.09. The molecule has 0 aliphatic rings. The standard InChI is InChI=1S/C24H33N/c1-5-9-17-13-19(11-7-3)23-21(15-17)22-16-18(10-6-2)14-20(12-8-4)24(22)25-23/h13-16,25H,5-12H2,1-4H3. The fourth-order valence-corrected chi connectivity index (χ4v) is 4.18. The van der Waals surface area contributed by atoms with Crippen molar-refractivity contribution in [1.29, 1.82) is 0 Å². The average molecular weight is 336 g/mol. The SMILES string of the molecule is CCCc1cc(CCC)c2[nH]c3c(CCC)cc(CCC)cc3c2c1. The van der Waals surface area contributed by atoms with E-state index in [0.717, 1.165) is 12.8 Å². The van der Waals surface area contributed by atoms with Gasteiger partial charge in [0, 0.05) is 21.8 Å². The summed E-state index contributed by atoms with van der Waals surface area (Å²) in [6.45, 7) is 9.11. The van der Waals surface area contributed by atoms with Gasteiger partial charge in [-0.15, -0.1) is 0 Å². The van der Waals surface area contributed by atoms with E-state index >= 15 is 0 Å². The van der Waals surface area contributed by atoms with E-state index in [1.54, 1.807) is 0 Å². The average Bonchev–Trinajstić information content (AvgIpc) is 2.96. The molecular formula is C24H33N. The number of hydrogen-bond donors (Lipinski definition) is 1. The van der Waals surface area contributed by atoms with Crippen molar-refractivity contribution < 1.29 is 0 Å². The summed E-state index contributed by atoms with van der Waals surface area (Å²) in [6, 6.07) is 9.78. The molecule has 1 N–H and O–H groups in total. The molecule has 0 radical (unpaired) electrons. The van der Waals surface area contributed by atoms with Gasteiger partial charge in [-0.25, -0.2) is 0 Å². The van der Waals surface area contributed by atoms with E-state index in [2.05, 4.69) is 56.9 Å². The zero-order chi connectivity index (χ0) is 17.8. The highest BCUT2D eigenvalue weighted by atomic mass is 14.7. The Morgan fingerprint density at radius 1 is 0.560 bits per heavy atom. The number of aromatic nitrogens is 1. The fourth-order valence-electron chi connectivity index (χ4n) is 4.18. The number of aryl methyl sites for hydroxylation is 4. The van der Waals surface area contributed by atoms with Gasteiger partial charge in [-0.3, -0.25) is 0 Å². The van der Waals surface area contributed by atoms with Gasteiger partial charge >= 0.3 is 0 Å². The van der Waals surface area contributed by atoms with Gasteiger partial charge < -0.3 is 4.98 Å². The maximum Gasteiger partial charge on any atom is 0.0497 e. The van der Waals surface area contributed by atoms with Crippen molar-refractivity contribution in [2.75, 3.05) is 0 Å². The van der Waals surface area contributed by atoms with Crippen LogP contribution in [0.5, 0.6) is 0 Å². The first-order chi connectivity index (χ1) is 12.2. The largest absolute Gasteiger partial charge is 0.354 e. The van der Waals surface area contributed by atoms with Crippen molar-refractivity contribution in [1.82, 2.24) is 4.98 Å². The van der Waals surface area contributed by atoms with Gasteiger partial charge in [0.25, 0.3) is 0 Å². The van der Waals surface area contributed by atoms with Gasteiger partial charge in [0.05, 0.1) is 0 Å². The van der Waals surface area contributed by atoms with Crippen molar-refractivity contribution >= 4 is 21.8 Å². The molecule has 0 saturated carbocycles. The normalized spacial score (nSPS) is 11.7. The van der Waals surface area contributed by atoms with Crippen LogP contribution in [0.25, 0.3) is 21.8 Å². The Balaban J connectivity index is 2.30. The summed E-state index contributed by atoms with van der Waals surface area (Å²) >= 11 is 0. The topological polar surface area (TPSA) is 15.8 Å². The molecule has 0 unspecified atom stereocenters. The number of benzene rings is 2. The second kappa shape index (κ2) is 8.08. The van der Waals surface area contributed by atoms with Crippen LogP contribution in [0.3, 0.4) is 0 Å². The van der Waals surface area contributed by atoms with E-state index in [1.807, 2.05) is 0 Å². The molecule has 0 spiro atoms. The summed E-state index contributed by atoms with van der Waals surface area (Å²) in [6.07, 6.45) is 9.48. The first-order valence-electron chi connectivity index (χ1n) is 10.3. The van der Waals surface area contributed by atoms with E-state index in [9.17, 15) is 0 Å². The minimum absolute atomic E-state index is 1.16. The van der Waals surface area contributed by atoms with Crippen LogP contribution in [0, 0.1) is 0 Å². The first-order valence-corrected chi connectivity index (χ1v) is 10.3. The molecule has 0 fully saturated rings.